The van der Waals surface area contributed by atoms with Gasteiger partial charge in [0.05, 0.1) is 39.5 Å². The van der Waals surface area contributed by atoms with E-state index in [-0.39, 0.29) is 25.4 Å². The van der Waals surface area contributed by atoms with Crippen molar-refractivity contribution in [3.63, 3.8) is 0 Å². The smallest absolute Gasteiger partial charge is 0.303 e. The van der Waals surface area contributed by atoms with Crippen molar-refractivity contribution in [2.45, 2.75) is 84.0 Å². The fourth-order valence-electron chi connectivity index (χ4n) is 3.08. The number of nitrogens with zero attached hydrogens (tertiary/aromatic N) is 1. The predicted molar refractivity (Wildman–Crippen MR) is 114 cm³/mol. The third-order valence-electron chi connectivity index (χ3n) is 4.80. The maximum atomic E-state index is 12.3. The number of unbranched alkanes of at least 4 members (excludes halogenated alkanes) is 9. The van der Waals surface area contributed by atoms with E-state index in [1.54, 1.807) is 4.90 Å². The third-order valence-corrected chi connectivity index (χ3v) is 4.80. The Morgan fingerprint density at radius 2 is 1.28 bits per heavy atom. The molecule has 0 atom stereocenters. The molecule has 2 N–H and O–H groups in total. The molecule has 29 heavy (non-hydrogen) atoms. The van der Waals surface area contributed by atoms with E-state index >= 15 is 0 Å². The quantitative estimate of drug-likeness (QED) is 0.261. The minimum atomic E-state index is -0.950. The molecule has 0 aliphatic rings. The number of carbonyl (C=O) groups is 2. The van der Waals surface area contributed by atoms with Gasteiger partial charge in [-0.1, -0.05) is 64.7 Å². The molecule has 7 heteroatoms. The van der Waals surface area contributed by atoms with Crippen LogP contribution in [-0.4, -0.2) is 73.1 Å². The molecule has 0 aromatic heterocycles. The van der Waals surface area contributed by atoms with Gasteiger partial charge in [-0.3, -0.25) is 9.59 Å². The van der Waals surface area contributed by atoms with Crippen LogP contribution in [0.5, 0.6) is 0 Å². The van der Waals surface area contributed by atoms with Crippen molar-refractivity contribution in [2.75, 3.05) is 46.1 Å². The Morgan fingerprint density at radius 3 is 1.83 bits per heavy atom. The molecule has 0 aromatic carbocycles. The molecule has 0 aromatic rings. The van der Waals surface area contributed by atoms with Gasteiger partial charge in [-0.2, -0.15) is 0 Å². The Labute approximate surface area is 176 Å². The first-order chi connectivity index (χ1) is 14.1. The molecule has 0 bridgehead atoms. The number of carboxylic acids is 1. The summed E-state index contributed by atoms with van der Waals surface area (Å²) in [6.07, 6.45) is 12.3. The third kappa shape index (κ3) is 19.9. The molecule has 0 saturated carbocycles. The first-order valence-corrected chi connectivity index (χ1v) is 11.4. The van der Waals surface area contributed by atoms with Gasteiger partial charge in [-0.05, 0) is 6.42 Å². The topological polar surface area (TPSA) is 96.3 Å². The maximum Gasteiger partial charge on any atom is 0.303 e. The van der Waals surface area contributed by atoms with Crippen LogP contribution in [0.25, 0.3) is 0 Å². The zero-order chi connectivity index (χ0) is 21.6. The first-order valence-electron chi connectivity index (χ1n) is 11.4. The van der Waals surface area contributed by atoms with Crippen molar-refractivity contribution in [1.82, 2.24) is 4.90 Å². The van der Waals surface area contributed by atoms with Gasteiger partial charge in [0.15, 0.2) is 0 Å². The number of aliphatic hydroxyl groups excluding tert-OH is 1. The summed E-state index contributed by atoms with van der Waals surface area (Å²) in [6, 6.07) is 0. The van der Waals surface area contributed by atoms with E-state index in [0.717, 1.165) is 12.8 Å². The summed E-state index contributed by atoms with van der Waals surface area (Å²) in [5.41, 5.74) is 0. The van der Waals surface area contributed by atoms with Crippen LogP contribution in [0.2, 0.25) is 0 Å². The summed E-state index contributed by atoms with van der Waals surface area (Å²) in [4.78, 5) is 24.8. The van der Waals surface area contributed by atoms with Crippen molar-refractivity contribution in [3.8, 4) is 0 Å². The molecule has 0 saturated heterocycles. The number of aliphatic hydroxyl groups is 1. The Balaban J connectivity index is 3.93. The van der Waals surface area contributed by atoms with Crippen molar-refractivity contribution < 1.29 is 29.3 Å². The molecule has 0 aliphatic heterocycles. The van der Waals surface area contributed by atoms with Gasteiger partial charge < -0.3 is 24.6 Å². The number of hydrogen-bond acceptors (Lipinski definition) is 5. The summed E-state index contributed by atoms with van der Waals surface area (Å²) < 4.78 is 10.6. The molecule has 0 aliphatic carbocycles. The molecular weight excluding hydrogens is 374 g/mol. The molecule has 0 rings (SSSR count). The number of rotatable bonds is 22. The highest BCUT2D eigenvalue weighted by atomic mass is 16.5. The second kappa shape index (κ2) is 21.5. The Bertz CT molecular complexity index is 391. The van der Waals surface area contributed by atoms with Crippen LogP contribution in [0.4, 0.5) is 0 Å². The lowest BCUT2D eigenvalue weighted by atomic mass is 10.1. The summed E-state index contributed by atoms with van der Waals surface area (Å²) in [5.74, 6) is -1.07. The molecular formula is C22H43NO6. The van der Waals surface area contributed by atoms with E-state index in [4.69, 9.17) is 19.7 Å². The minimum absolute atomic E-state index is 0.00921. The summed E-state index contributed by atoms with van der Waals surface area (Å²) in [5, 5.41) is 17.4. The number of amides is 1. The van der Waals surface area contributed by atoms with Gasteiger partial charge in [-0.15, -0.1) is 0 Å². The summed E-state index contributed by atoms with van der Waals surface area (Å²) in [7, 11) is 0. The molecule has 0 fully saturated rings. The minimum Gasteiger partial charge on any atom is -0.481 e. The second-order valence-electron chi connectivity index (χ2n) is 7.40. The molecule has 7 nitrogen and oxygen atoms in total. The highest BCUT2D eigenvalue weighted by Gasteiger charge is 2.14. The van der Waals surface area contributed by atoms with Crippen LogP contribution in [0.15, 0.2) is 0 Å². The largest absolute Gasteiger partial charge is 0.481 e. The second-order valence-corrected chi connectivity index (χ2v) is 7.40. The molecule has 0 radical (unpaired) electrons. The number of ether oxygens (including phenoxy) is 2. The van der Waals surface area contributed by atoms with Gasteiger partial charge in [0.25, 0.3) is 0 Å². The highest BCUT2D eigenvalue weighted by Crippen LogP contribution is 2.11. The van der Waals surface area contributed by atoms with E-state index in [2.05, 4.69) is 6.92 Å². The molecule has 1 amide bonds. The van der Waals surface area contributed by atoms with Gasteiger partial charge in [0.2, 0.25) is 5.91 Å². The van der Waals surface area contributed by atoms with Gasteiger partial charge in [0.1, 0.15) is 0 Å². The van der Waals surface area contributed by atoms with Crippen LogP contribution >= 0.6 is 0 Å². The SMILES string of the molecule is CCCCCCCCCCCCN(CCOCCOCCO)C(=O)CCC(=O)O. The van der Waals surface area contributed by atoms with Crippen molar-refractivity contribution in [2.24, 2.45) is 0 Å². The standard InChI is InChI=1S/C22H43NO6/c1-2-3-4-5-6-7-8-9-10-11-14-23(21(25)12-13-22(26)27)15-17-28-19-20-29-18-16-24/h24H,2-20H2,1H3,(H,26,27). The zero-order valence-corrected chi connectivity index (χ0v) is 18.4. The Morgan fingerprint density at radius 1 is 0.724 bits per heavy atom. The maximum absolute atomic E-state index is 12.3. The molecule has 172 valence electrons. The summed E-state index contributed by atoms with van der Waals surface area (Å²) in [6.45, 7) is 4.86. The average molecular weight is 418 g/mol. The van der Waals surface area contributed by atoms with Crippen LogP contribution in [0, 0.1) is 0 Å². The monoisotopic (exact) mass is 417 g/mol. The Kier molecular flexibility index (Phi) is 20.7. The lowest BCUT2D eigenvalue weighted by molar-refractivity contribution is -0.141. The van der Waals surface area contributed by atoms with Crippen LogP contribution in [0.3, 0.4) is 0 Å². The van der Waals surface area contributed by atoms with E-state index in [0.29, 0.717) is 39.5 Å². The number of carbonyl (C=O) groups excluding carboxylic acids is 1. The number of carboxylic acid groups (broad SMARTS) is 1. The van der Waals surface area contributed by atoms with Crippen molar-refractivity contribution in [1.29, 1.82) is 0 Å². The Hall–Kier alpha value is -1.18. The molecule has 0 spiro atoms. The lowest BCUT2D eigenvalue weighted by Crippen LogP contribution is -2.35. The van der Waals surface area contributed by atoms with E-state index < -0.39 is 5.97 Å². The highest BCUT2D eigenvalue weighted by molar-refractivity contribution is 5.80. The summed E-state index contributed by atoms with van der Waals surface area (Å²) >= 11 is 0. The molecule has 0 heterocycles. The van der Waals surface area contributed by atoms with Gasteiger partial charge in [0, 0.05) is 19.5 Å². The normalized spacial score (nSPS) is 11.0. The van der Waals surface area contributed by atoms with Crippen molar-refractivity contribution in [3.05, 3.63) is 0 Å². The predicted octanol–water partition coefficient (Wildman–Crippen LogP) is 3.63. The fraction of sp³-hybridized carbons (Fsp3) is 0.909. The number of hydrogen-bond donors (Lipinski definition) is 2. The zero-order valence-electron chi connectivity index (χ0n) is 18.4. The van der Waals surface area contributed by atoms with E-state index in [1.807, 2.05) is 0 Å². The van der Waals surface area contributed by atoms with E-state index in [9.17, 15) is 9.59 Å². The van der Waals surface area contributed by atoms with Crippen LogP contribution in [0.1, 0.15) is 84.0 Å². The lowest BCUT2D eigenvalue weighted by Gasteiger charge is -2.22. The number of aliphatic carboxylic acids is 1. The van der Waals surface area contributed by atoms with Crippen LogP contribution in [-0.2, 0) is 19.1 Å². The molecule has 0 unspecified atom stereocenters. The van der Waals surface area contributed by atoms with E-state index in [1.165, 1.54) is 51.4 Å². The average Bonchev–Trinajstić information content (AvgIpc) is 2.71. The first kappa shape index (κ1) is 27.8. The van der Waals surface area contributed by atoms with Gasteiger partial charge >= 0.3 is 5.97 Å². The van der Waals surface area contributed by atoms with Crippen molar-refractivity contribution >= 4 is 11.9 Å². The van der Waals surface area contributed by atoms with Gasteiger partial charge in [-0.25, -0.2) is 0 Å². The van der Waals surface area contributed by atoms with Crippen LogP contribution < -0.4 is 0 Å². The fourth-order valence-corrected chi connectivity index (χ4v) is 3.08.